The molecule has 5 nitrogen and oxygen atoms in total. The molecule has 4 rings (SSSR count). The summed E-state index contributed by atoms with van der Waals surface area (Å²) in [7, 11) is 0. The molecular weight excluding hydrogens is 314 g/mol. The first-order valence-electron chi connectivity index (χ1n) is 8.95. The lowest BCUT2D eigenvalue weighted by Crippen LogP contribution is -2.36. The Labute approximate surface area is 148 Å². The Balaban J connectivity index is 1.45. The zero-order valence-electron chi connectivity index (χ0n) is 14.6. The van der Waals surface area contributed by atoms with Gasteiger partial charge in [-0.3, -0.25) is 14.8 Å². The van der Waals surface area contributed by atoms with Crippen LogP contribution in [0.1, 0.15) is 45.6 Å². The molecule has 1 saturated carbocycles. The van der Waals surface area contributed by atoms with Gasteiger partial charge in [-0.05, 0) is 60.9 Å². The molecule has 1 aliphatic carbocycles. The lowest BCUT2D eigenvalue weighted by molar-refractivity contribution is 0.0731. The average molecular weight is 337 g/mol. The number of hydrogen-bond donors (Lipinski definition) is 0. The Bertz CT molecular complexity index is 769. The molecule has 0 N–H and O–H groups in total. The quantitative estimate of drug-likeness (QED) is 0.842. The van der Waals surface area contributed by atoms with Gasteiger partial charge in [0.2, 0.25) is 0 Å². The summed E-state index contributed by atoms with van der Waals surface area (Å²) >= 11 is 0. The van der Waals surface area contributed by atoms with Crippen molar-refractivity contribution < 1.29 is 9.53 Å². The van der Waals surface area contributed by atoms with Crippen LogP contribution in [0.2, 0.25) is 0 Å². The molecule has 3 heterocycles. The van der Waals surface area contributed by atoms with E-state index in [0.29, 0.717) is 18.7 Å². The molecule has 0 unspecified atom stereocenters. The van der Waals surface area contributed by atoms with Crippen molar-refractivity contribution in [3.05, 3.63) is 58.7 Å². The molecule has 1 amide bonds. The first-order chi connectivity index (χ1) is 12.2. The molecule has 1 aliphatic heterocycles. The van der Waals surface area contributed by atoms with Gasteiger partial charge in [0.15, 0.2) is 0 Å². The number of hydrogen-bond acceptors (Lipinski definition) is 4. The first kappa shape index (κ1) is 16.2. The molecule has 0 radical (unpaired) electrons. The first-order valence-corrected chi connectivity index (χ1v) is 8.95. The van der Waals surface area contributed by atoms with Crippen molar-refractivity contribution in [1.29, 1.82) is 0 Å². The van der Waals surface area contributed by atoms with Crippen LogP contribution >= 0.6 is 0 Å². The van der Waals surface area contributed by atoms with E-state index in [0.717, 1.165) is 36.7 Å². The number of ether oxygens (including phenoxy) is 1. The van der Waals surface area contributed by atoms with Crippen LogP contribution in [0.25, 0.3) is 0 Å². The van der Waals surface area contributed by atoms with Gasteiger partial charge >= 0.3 is 0 Å². The summed E-state index contributed by atoms with van der Waals surface area (Å²) in [5.41, 5.74) is 5.16. The Morgan fingerprint density at radius 2 is 2.16 bits per heavy atom. The highest BCUT2D eigenvalue weighted by Gasteiger charge is 2.25. The molecule has 2 aliphatic rings. The minimum absolute atomic E-state index is 0.0357. The molecule has 0 saturated heterocycles. The number of aromatic nitrogens is 2. The third-order valence-electron chi connectivity index (χ3n) is 4.98. The van der Waals surface area contributed by atoms with Crippen LogP contribution in [-0.2, 0) is 24.3 Å². The standard InChI is InChI=1S/C20H23N3O2/c1-14-2-5-16(10-22-14)20(24)23-7-6-19-17(11-23)8-21-9-18(19)13-25-12-15-3-4-15/h2,5,8-10,15H,3-4,6-7,11-13H2,1H3. The van der Waals surface area contributed by atoms with Crippen LogP contribution in [-0.4, -0.2) is 33.9 Å². The average Bonchev–Trinajstić information content (AvgIpc) is 3.46. The van der Waals surface area contributed by atoms with Gasteiger partial charge in [0.1, 0.15) is 0 Å². The van der Waals surface area contributed by atoms with Crippen LogP contribution in [0.15, 0.2) is 30.7 Å². The minimum atomic E-state index is 0.0357. The number of carbonyl (C=O) groups is 1. The van der Waals surface area contributed by atoms with E-state index in [9.17, 15) is 4.79 Å². The fraction of sp³-hybridized carbons (Fsp3) is 0.450. The third-order valence-corrected chi connectivity index (χ3v) is 4.98. The second kappa shape index (κ2) is 6.92. The summed E-state index contributed by atoms with van der Waals surface area (Å²) in [5, 5.41) is 0. The van der Waals surface area contributed by atoms with Gasteiger partial charge in [0.25, 0.3) is 5.91 Å². The number of nitrogens with zero attached hydrogens (tertiary/aromatic N) is 3. The van der Waals surface area contributed by atoms with E-state index in [2.05, 4.69) is 9.97 Å². The summed E-state index contributed by atoms with van der Waals surface area (Å²) in [6, 6.07) is 3.72. The Hall–Kier alpha value is -2.27. The van der Waals surface area contributed by atoms with Crippen molar-refractivity contribution in [2.45, 2.75) is 39.3 Å². The van der Waals surface area contributed by atoms with Gasteiger partial charge in [-0.1, -0.05) is 0 Å². The van der Waals surface area contributed by atoms with Gasteiger partial charge < -0.3 is 9.64 Å². The highest BCUT2D eigenvalue weighted by Crippen LogP contribution is 2.29. The molecule has 0 atom stereocenters. The zero-order valence-corrected chi connectivity index (χ0v) is 14.6. The number of pyridine rings is 2. The molecule has 130 valence electrons. The van der Waals surface area contributed by atoms with Crippen molar-refractivity contribution in [1.82, 2.24) is 14.9 Å². The summed E-state index contributed by atoms with van der Waals surface area (Å²) in [4.78, 5) is 23.2. The smallest absolute Gasteiger partial charge is 0.255 e. The van der Waals surface area contributed by atoms with E-state index < -0.39 is 0 Å². The maximum absolute atomic E-state index is 12.7. The fourth-order valence-electron chi connectivity index (χ4n) is 3.26. The highest BCUT2D eigenvalue weighted by atomic mass is 16.5. The topological polar surface area (TPSA) is 55.3 Å². The summed E-state index contributed by atoms with van der Waals surface area (Å²) in [6.45, 7) is 4.73. The van der Waals surface area contributed by atoms with Crippen LogP contribution < -0.4 is 0 Å². The molecule has 0 spiro atoms. The molecule has 5 heteroatoms. The largest absolute Gasteiger partial charge is 0.376 e. The molecule has 2 aromatic rings. The van der Waals surface area contributed by atoms with Crippen molar-refractivity contribution in [2.24, 2.45) is 5.92 Å². The van der Waals surface area contributed by atoms with E-state index in [1.54, 1.807) is 6.20 Å². The van der Waals surface area contributed by atoms with Crippen LogP contribution in [0.5, 0.6) is 0 Å². The summed E-state index contributed by atoms with van der Waals surface area (Å²) < 4.78 is 5.84. The maximum atomic E-state index is 12.7. The van der Waals surface area contributed by atoms with Crippen LogP contribution in [0.4, 0.5) is 0 Å². The highest BCUT2D eigenvalue weighted by molar-refractivity contribution is 5.94. The lowest BCUT2D eigenvalue weighted by Gasteiger charge is -2.30. The lowest BCUT2D eigenvalue weighted by atomic mass is 9.97. The van der Waals surface area contributed by atoms with Gasteiger partial charge in [0, 0.05) is 44.0 Å². The Morgan fingerprint density at radius 3 is 2.92 bits per heavy atom. The summed E-state index contributed by atoms with van der Waals surface area (Å²) in [5.74, 6) is 0.803. The SMILES string of the molecule is Cc1ccc(C(=O)N2CCc3c(COCC4CC4)cncc3C2)cn1. The van der Waals surface area contributed by atoms with Gasteiger partial charge in [-0.2, -0.15) is 0 Å². The van der Waals surface area contributed by atoms with E-state index in [-0.39, 0.29) is 5.91 Å². The number of fused-ring (bicyclic) bond motifs is 1. The fourth-order valence-corrected chi connectivity index (χ4v) is 3.26. The second-order valence-corrected chi connectivity index (χ2v) is 7.06. The molecule has 1 fully saturated rings. The second-order valence-electron chi connectivity index (χ2n) is 7.06. The predicted molar refractivity (Wildman–Crippen MR) is 94.0 cm³/mol. The molecule has 0 aromatic carbocycles. The Morgan fingerprint density at radius 1 is 1.28 bits per heavy atom. The number of amides is 1. The molecule has 25 heavy (non-hydrogen) atoms. The van der Waals surface area contributed by atoms with Crippen molar-refractivity contribution in [3.8, 4) is 0 Å². The van der Waals surface area contributed by atoms with E-state index in [1.807, 2.05) is 36.4 Å². The monoisotopic (exact) mass is 337 g/mol. The molecule has 2 aromatic heterocycles. The number of rotatable bonds is 5. The van der Waals surface area contributed by atoms with E-state index >= 15 is 0 Å². The normalized spacial score (nSPS) is 16.6. The van der Waals surface area contributed by atoms with E-state index in [4.69, 9.17) is 4.74 Å². The van der Waals surface area contributed by atoms with Crippen molar-refractivity contribution >= 4 is 5.91 Å². The number of aryl methyl sites for hydroxylation is 1. The maximum Gasteiger partial charge on any atom is 0.255 e. The van der Waals surface area contributed by atoms with Gasteiger partial charge in [-0.15, -0.1) is 0 Å². The predicted octanol–water partition coefficient (Wildman–Crippen LogP) is 2.91. The van der Waals surface area contributed by atoms with Crippen LogP contribution in [0.3, 0.4) is 0 Å². The Kier molecular flexibility index (Phi) is 4.49. The number of carbonyl (C=O) groups excluding carboxylic acids is 1. The van der Waals surface area contributed by atoms with Crippen molar-refractivity contribution in [2.75, 3.05) is 13.2 Å². The molecule has 0 bridgehead atoms. The van der Waals surface area contributed by atoms with E-state index in [1.165, 1.54) is 24.0 Å². The summed E-state index contributed by atoms with van der Waals surface area (Å²) in [6.07, 6.45) is 8.91. The molecular formula is C20H23N3O2. The van der Waals surface area contributed by atoms with Gasteiger partial charge in [-0.25, -0.2) is 0 Å². The minimum Gasteiger partial charge on any atom is -0.376 e. The zero-order chi connectivity index (χ0) is 17.2. The van der Waals surface area contributed by atoms with Gasteiger partial charge in [0.05, 0.1) is 12.2 Å². The van der Waals surface area contributed by atoms with Crippen LogP contribution in [0, 0.1) is 12.8 Å². The third kappa shape index (κ3) is 3.71. The van der Waals surface area contributed by atoms with Crippen molar-refractivity contribution in [3.63, 3.8) is 0 Å².